The Morgan fingerprint density at radius 1 is 1.40 bits per heavy atom. The molecule has 1 aliphatic rings. The number of hydrogen-bond acceptors (Lipinski definition) is 3. The third-order valence-corrected chi connectivity index (χ3v) is 3.45. The van der Waals surface area contributed by atoms with Crippen molar-refractivity contribution in [3.05, 3.63) is 48.3 Å². The standard InChI is InChI=1S/C15H18N4O/c20-15(18-13-6-7-16-10-13)8-12-9-17-19(11-12)14-4-2-1-3-5-14/h1-5,9,11,13,16H,6-8,10H2,(H,18,20). The van der Waals surface area contributed by atoms with Gasteiger partial charge in [0, 0.05) is 18.8 Å². The second-order valence-corrected chi connectivity index (χ2v) is 5.06. The van der Waals surface area contributed by atoms with E-state index in [0.29, 0.717) is 6.42 Å². The summed E-state index contributed by atoms with van der Waals surface area (Å²) in [5.74, 6) is 0.0614. The number of nitrogens with one attached hydrogen (secondary N) is 2. The minimum absolute atomic E-state index is 0.0614. The number of carbonyl (C=O) groups is 1. The number of nitrogens with zero attached hydrogens (tertiary/aromatic N) is 2. The predicted molar refractivity (Wildman–Crippen MR) is 76.7 cm³/mol. The fraction of sp³-hybridized carbons (Fsp3) is 0.333. The van der Waals surface area contributed by atoms with Crippen molar-refractivity contribution in [3.8, 4) is 5.69 Å². The molecule has 1 saturated heterocycles. The zero-order chi connectivity index (χ0) is 13.8. The van der Waals surface area contributed by atoms with E-state index in [1.54, 1.807) is 10.9 Å². The van der Waals surface area contributed by atoms with E-state index in [4.69, 9.17) is 0 Å². The van der Waals surface area contributed by atoms with E-state index >= 15 is 0 Å². The van der Waals surface area contributed by atoms with Crippen LogP contribution < -0.4 is 10.6 Å². The number of benzene rings is 1. The zero-order valence-corrected chi connectivity index (χ0v) is 11.2. The second-order valence-electron chi connectivity index (χ2n) is 5.06. The fourth-order valence-corrected chi connectivity index (χ4v) is 2.42. The second kappa shape index (κ2) is 5.88. The van der Waals surface area contributed by atoms with Gasteiger partial charge in [0.2, 0.25) is 5.91 Å². The molecule has 3 rings (SSSR count). The maximum atomic E-state index is 11.9. The number of hydrogen-bond donors (Lipinski definition) is 2. The van der Waals surface area contributed by atoms with Gasteiger partial charge in [-0.15, -0.1) is 0 Å². The molecule has 1 aromatic carbocycles. The molecule has 1 atom stereocenters. The minimum atomic E-state index is 0.0614. The lowest BCUT2D eigenvalue weighted by atomic mass is 10.2. The van der Waals surface area contributed by atoms with Crippen molar-refractivity contribution >= 4 is 5.91 Å². The molecule has 1 amide bonds. The maximum Gasteiger partial charge on any atom is 0.224 e. The van der Waals surface area contributed by atoms with Crippen molar-refractivity contribution in [1.82, 2.24) is 20.4 Å². The molecule has 0 aliphatic carbocycles. The largest absolute Gasteiger partial charge is 0.352 e. The number of aromatic nitrogens is 2. The lowest BCUT2D eigenvalue weighted by molar-refractivity contribution is -0.121. The quantitative estimate of drug-likeness (QED) is 0.867. The van der Waals surface area contributed by atoms with E-state index in [0.717, 1.165) is 30.8 Å². The molecule has 104 valence electrons. The van der Waals surface area contributed by atoms with Crippen LogP contribution in [0, 0.1) is 0 Å². The molecular weight excluding hydrogens is 252 g/mol. The number of rotatable bonds is 4. The molecule has 0 spiro atoms. The van der Waals surface area contributed by atoms with E-state index in [1.807, 2.05) is 36.5 Å². The van der Waals surface area contributed by atoms with Gasteiger partial charge in [-0.05, 0) is 30.7 Å². The summed E-state index contributed by atoms with van der Waals surface area (Å²) in [6, 6.07) is 10.2. The Bertz CT molecular complexity index is 573. The molecule has 0 radical (unpaired) electrons. The van der Waals surface area contributed by atoms with Crippen LogP contribution in [0.3, 0.4) is 0 Å². The first-order valence-corrected chi connectivity index (χ1v) is 6.90. The highest BCUT2D eigenvalue weighted by Crippen LogP contribution is 2.08. The summed E-state index contributed by atoms with van der Waals surface area (Å²) in [6.07, 6.45) is 5.04. The fourth-order valence-electron chi connectivity index (χ4n) is 2.42. The summed E-state index contributed by atoms with van der Waals surface area (Å²) in [6.45, 7) is 1.85. The summed E-state index contributed by atoms with van der Waals surface area (Å²) < 4.78 is 1.79. The van der Waals surface area contributed by atoms with E-state index in [9.17, 15) is 4.79 Å². The average molecular weight is 270 g/mol. The maximum absolute atomic E-state index is 11.9. The molecule has 20 heavy (non-hydrogen) atoms. The van der Waals surface area contributed by atoms with Gasteiger partial charge in [0.25, 0.3) is 0 Å². The van der Waals surface area contributed by atoms with Crippen molar-refractivity contribution < 1.29 is 4.79 Å². The summed E-state index contributed by atoms with van der Waals surface area (Å²) >= 11 is 0. The van der Waals surface area contributed by atoms with Crippen molar-refractivity contribution in [1.29, 1.82) is 0 Å². The van der Waals surface area contributed by atoms with Gasteiger partial charge in [-0.3, -0.25) is 4.79 Å². The van der Waals surface area contributed by atoms with Gasteiger partial charge in [0.1, 0.15) is 0 Å². The summed E-state index contributed by atoms with van der Waals surface area (Å²) in [5.41, 5.74) is 1.93. The van der Waals surface area contributed by atoms with Crippen LogP contribution in [0.1, 0.15) is 12.0 Å². The van der Waals surface area contributed by atoms with Crippen molar-refractivity contribution in [2.24, 2.45) is 0 Å². The molecule has 1 fully saturated rings. The van der Waals surface area contributed by atoms with Crippen LogP contribution >= 0.6 is 0 Å². The molecule has 1 aromatic heterocycles. The van der Waals surface area contributed by atoms with E-state index in [-0.39, 0.29) is 11.9 Å². The Morgan fingerprint density at radius 3 is 3.00 bits per heavy atom. The third kappa shape index (κ3) is 3.05. The highest BCUT2D eigenvalue weighted by molar-refractivity contribution is 5.78. The molecule has 1 unspecified atom stereocenters. The summed E-state index contributed by atoms with van der Waals surface area (Å²) in [4.78, 5) is 11.9. The van der Waals surface area contributed by atoms with Gasteiger partial charge < -0.3 is 10.6 Å². The molecule has 0 bridgehead atoms. The molecule has 1 aliphatic heterocycles. The highest BCUT2D eigenvalue weighted by Gasteiger charge is 2.17. The third-order valence-electron chi connectivity index (χ3n) is 3.45. The Morgan fingerprint density at radius 2 is 2.25 bits per heavy atom. The molecule has 0 saturated carbocycles. The molecule has 2 aromatic rings. The van der Waals surface area contributed by atoms with E-state index in [2.05, 4.69) is 15.7 Å². The Balaban J connectivity index is 1.61. The minimum Gasteiger partial charge on any atom is -0.352 e. The molecule has 2 N–H and O–H groups in total. The van der Waals surface area contributed by atoms with Crippen molar-refractivity contribution in [3.63, 3.8) is 0 Å². The number of amides is 1. The topological polar surface area (TPSA) is 59.0 Å². The van der Waals surface area contributed by atoms with Gasteiger partial charge in [-0.25, -0.2) is 4.68 Å². The Hall–Kier alpha value is -2.14. The highest BCUT2D eigenvalue weighted by atomic mass is 16.1. The SMILES string of the molecule is O=C(Cc1cnn(-c2ccccc2)c1)NC1CCNC1. The van der Waals surface area contributed by atoms with Gasteiger partial charge in [0.15, 0.2) is 0 Å². The summed E-state index contributed by atoms with van der Waals surface area (Å²) in [5, 5.41) is 10.6. The van der Waals surface area contributed by atoms with Crippen LogP contribution in [-0.2, 0) is 11.2 Å². The summed E-state index contributed by atoms with van der Waals surface area (Å²) in [7, 11) is 0. The zero-order valence-electron chi connectivity index (χ0n) is 11.2. The van der Waals surface area contributed by atoms with Gasteiger partial charge in [-0.1, -0.05) is 18.2 Å². The molecule has 5 nitrogen and oxygen atoms in total. The smallest absolute Gasteiger partial charge is 0.224 e. The van der Waals surface area contributed by atoms with Gasteiger partial charge >= 0.3 is 0 Å². The van der Waals surface area contributed by atoms with Crippen LogP contribution in [0.5, 0.6) is 0 Å². The lowest BCUT2D eigenvalue weighted by Gasteiger charge is -2.10. The first-order chi connectivity index (χ1) is 9.81. The van der Waals surface area contributed by atoms with Gasteiger partial charge in [0.05, 0.1) is 18.3 Å². The van der Waals surface area contributed by atoms with Crippen molar-refractivity contribution in [2.45, 2.75) is 18.9 Å². The lowest BCUT2D eigenvalue weighted by Crippen LogP contribution is -2.37. The van der Waals surface area contributed by atoms with Crippen LogP contribution in [0.4, 0.5) is 0 Å². The van der Waals surface area contributed by atoms with Crippen LogP contribution in [-0.4, -0.2) is 34.8 Å². The van der Waals surface area contributed by atoms with Crippen LogP contribution in [0.25, 0.3) is 5.69 Å². The monoisotopic (exact) mass is 270 g/mol. The van der Waals surface area contributed by atoms with Crippen LogP contribution in [0.2, 0.25) is 0 Å². The first kappa shape index (κ1) is 12.9. The van der Waals surface area contributed by atoms with E-state index in [1.165, 1.54) is 0 Å². The van der Waals surface area contributed by atoms with E-state index < -0.39 is 0 Å². The van der Waals surface area contributed by atoms with Gasteiger partial charge in [-0.2, -0.15) is 5.10 Å². The van der Waals surface area contributed by atoms with Crippen molar-refractivity contribution in [2.75, 3.05) is 13.1 Å². The number of para-hydroxylation sites is 1. The average Bonchev–Trinajstić information content (AvgIpc) is 3.11. The predicted octanol–water partition coefficient (Wildman–Crippen LogP) is 0.893. The molecular formula is C15H18N4O. The Kier molecular flexibility index (Phi) is 3.78. The number of carbonyl (C=O) groups excluding carboxylic acids is 1. The molecule has 2 heterocycles. The first-order valence-electron chi connectivity index (χ1n) is 6.90. The van der Waals surface area contributed by atoms with Crippen LogP contribution in [0.15, 0.2) is 42.7 Å². The molecule has 5 heteroatoms. The Labute approximate surface area is 118 Å². The normalized spacial score (nSPS) is 18.1.